The molecule has 0 heterocycles. The van der Waals surface area contributed by atoms with Gasteiger partial charge in [-0.3, -0.25) is 13.9 Å². The number of sulfonamides is 1. The lowest BCUT2D eigenvalue weighted by Gasteiger charge is -2.34. The Kier molecular flexibility index (Phi) is 11.6. The van der Waals surface area contributed by atoms with Crippen LogP contribution in [-0.4, -0.2) is 44.3 Å². The summed E-state index contributed by atoms with van der Waals surface area (Å²) in [5.41, 5.74) is 4.73. The van der Waals surface area contributed by atoms with Gasteiger partial charge in [-0.2, -0.15) is 0 Å². The minimum atomic E-state index is -4.15. The SMILES string of the molecule is CCCNC(=O)[C@H](Cc1ccccc1)N(Cc1ccc(Br)cc1)C(=O)CN(c1ccc(C)cc1C)S(=O)(=O)c1ccc(C)cc1. The molecule has 0 saturated heterocycles. The summed E-state index contributed by atoms with van der Waals surface area (Å²) in [6.45, 7) is 7.72. The molecular weight excluding hydrogens is 650 g/mol. The Morgan fingerprint density at radius 2 is 1.47 bits per heavy atom. The van der Waals surface area contributed by atoms with Gasteiger partial charge in [0.2, 0.25) is 11.8 Å². The number of hydrogen-bond acceptors (Lipinski definition) is 4. The van der Waals surface area contributed by atoms with E-state index in [1.165, 1.54) is 9.21 Å². The first-order chi connectivity index (χ1) is 21.5. The van der Waals surface area contributed by atoms with Crippen molar-refractivity contribution in [3.05, 3.63) is 129 Å². The summed E-state index contributed by atoms with van der Waals surface area (Å²) < 4.78 is 30.5. The maximum absolute atomic E-state index is 14.5. The number of halogens is 1. The molecule has 4 aromatic rings. The van der Waals surface area contributed by atoms with Crippen LogP contribution in [0.25, 0.3) is 0 Å². The Bertz CT molecular complexity index is 1710. The van der Waals surface area contributed by atoms with Crippen molar-refractivity contribution >= 4 is 43.5 Å². The summed E-state index contributed by atoms with van der Waals surface area (Å²) in [6.07, 6.45) is 1.01. The normalized spacial score (nSPS) is 11.9. The van der Waals surface area contributed by atoms with Crippen LogP contribution >= 0.6 is 15.9 Å². The third kappa shape index (κ3) is 8.83. The largest absolute Gasteiger partial charge is 0.354 e. The molecule has 0 unspecified atom stereocenters. The van der Waals surface area contributed by atoms with Gasteiger partial charge in [0.25, 0.3) is 10.0 Å². The summed E-state index contributed by atoms with van der Waals surface area (Å²) >= 11 is 3.47. The smallest absolute Gasteiger partial charge is 0.264 e. The van der Waals surface area contributed by atoms with E-state index in [2.05, 4.69) is 21.2 Å². The number of rotatable bonds is 13. The van der Waals surface area contributed by atoms with E-state index in [1.807, 2.05) is 94.4 Å². The van der Waals surface area contributed by atoms with Gasteiger partial charge in [-0.1, -0.05) is 101 Å². The first-order valence-electron chi connectivity index (χ1n) is 15.0. The van der Waals surface area contributed by atoms with Crippen molar-refractivity contribution in [2.24, 2.45) is 0 Å². The highest BCUT2D eigenvalue weighted by molar-refractivity contribution is 9.10. The molecule has 0 aliphatic rings. The number of nitrogens with zero attached hydrogens (tertiary/aromatic N) is 2. The van der Waals surface area contributed by atoms with Gasteiger partial charge in [0.15, 0.2) is 0 Å². The van der Waals surface area contributed by atoms with E-state index < -0.39 is 28.5 Å². The minimum absolute atomic E-state index is 0.0851. The quantitative estimate of drug-likeness (QED) is 0.169. The van der Waals surface area contributed by atoms with Crippen molar-refractivity contribution in [2.45, 2.75) is 58.0 Å². The molecule has 0 fully saturated rings. The third-order valence-corrected chi connectivity index (χ3v) is 9.90. The molecule has 4 aromatic carbocycles. The second-order valence-electron chi connectivity index (χ2n) is 11.3. The fourth-order valence-corrected chi connectivity index (χ4v) is 6.89. The van der Waals surface area contributed by atoms with Crippen molar-refractivity contribution in [1.82, 2.24) is 10.2 Å². The highest BCUT2D eigenvalue weighted by Gasteiger charge is 2.35. The van der Waals surface area contributed by atoms with Gasteiger partial charge in [-0.15, -0.1) is 0 Å². The predicted molar refractivity (Wildman–Crippen MR) is 184 cm³/mol. The topological polar surface area (TPSA) is 86.8 Å². The summed E-state index contributed by atoms with van der Waals surface area (Å²) in [6, 6.07) is 28.3. The van der Waals surface area contributed by atoms with Gasteiger partial charge in [0, 0.05) is 24.0 Å². The fourth-order valence-electron chi connectivity index (χ4n) is 5.14. The Balaban J connectivity index is 1.81. The minimum Gasteiger partial charge on any atom is -0.354 e. The molecule has 0 aliphatic heterocycles. The van der Waals surface area contributed by atoms with Crippen LogP contribution in [0.15, 0.2) is 106 Å². The zero-order chi connectivity index (χ0) is 32.6. The molecule has 0 radical (unpaired) electrons. The zero-order valence-corrected chi connectivity index (χ0v) is 28.6. The average molecular weight is 691 g/mol. The first kappa shape index (κ1) is 33.9. The monoisotopic (exact) mass is 689 g/mol. The van der Waals surface area contributed by atoms with E-state index in [-0.39, 0.29) is 23.8 Å². The van der Waals surface area contributed by atoms with Gasteiger partial charge >= 0.3 is 0 Å². The molecule has 236 valence electrons. The van der Waals surface area contributed by atoms with E-state index in [0.29, 0.717) is 12.2 Å². The van der Waals surface area contributed by atoms with Crippen LogP contribution in [0.2, 0.25) is 0 Å². The number of benzene rings is 4. The number of hydrogen-bond donors (Lipinski definition) is 1. The summed E-state index contributed by atoms with van der Waals surface area (Å²) in [5.74, 6) is -0.771. The Morgan fingerprint density at radius 1 is 0.822 bits per heavy atom. The van der Waals surface area contributed by atoms with Crippen molar-refractivity contribution in [2.75, 3.05) is 17.4 Å². The summed E-state index contributed by atoms with van der Waals surface area (Å²) in [4.78, 5) is 29.9. The zero-order valence-electron chi connectivity index (χ0n) is 26.2. The molecule has 0 aliphatic carbocycles. The average Bonchev–Trinajstić information content (AvgIpc) is 3.02. The van der Waals surface area contributed by atoms with E-state index >= 15 is 0 Å². The van der Waals surface area contributed by atoms with Crippen LogP contribution < -0.4 is 9.62 Å². The molecule has 0 bridgehead atoms. The number of anilines is 1. The number of carbonyl (C=O) groups is 2. The molecule has 0 aromatic heterocycles. The summed E-state index contributed by atoms with van der Waals surface area (Å²) in [5, 5.41) is 2.97. The first-order valence-corrected chi connectivity index (χ1v) is 17.2. The van der Waals surface area contributed by atoms with Crippen molar-refractivity contribution < 1.29 is 18.0 Å². The highest BCUT2D eigenvalue weighted by atomic mass is 79.9. The Hall–Kier alpha value is -3.95. The third-order valence-electron chi connectivity index (χ3n) is 7.60. The second-order valence-corrected chi connectivity index (χ2v) is 14.0. The molecule has 45 heavy (non-hydrogen) atoms. The fraction of sp³-hybridized carbons (Fsp3) is 0.278. The molecular formula is C36H40BrN3O4S. The molecule has 9 heteroatoms. The van der Waals surface area contributed by atoms with E-state index in [4.69, 9.17) is 0 Å². The van der Waals surface area contributed by atoms with Gasteiger partial charge in [-0.25, -0.2) is 8.42 Å². The predicted octanol–water partition coefficient (Wildman–Crippen LogP) is 6.74. The van der Waals surface area contributed by atoms with Crippen molar-refractivity contribution in [1.29, 1.82) is 0 Å². The number of nitrogens with one attached hydrogen (secondary N) is 1. The van der Waals surface area contributed by atoms with Crippen LogP contribution in [0, 0.1) is 20.8 Å². The van der Waals surface area contributed by atoms with Gasteiger partial charge < -0.3 is 10.2 Å². The lowest BCUT2D eigenvalue weighted by Crippen LogP contribution is -2.53. The number of amides is 2. The molecule has 0 saturated carbocycles. The van der Waals surface area contributed by atoms with Gasteiger partial charge in [-0.05, 0) is 74.2 Å². The van der Waals surface area contributed by atoms with Gasteiger partial charge in [0.1, 0.15) is 12.6 Å². The van der Waals surface area contributed by atoms with Crippen LogP contribution in [0.3, 0.4) is 0 Å². The standard InChI is InChI=1S/C36H40BrN3O4S/c1-5-21-38-36(42)34(23-29-9-7-6-8-10-29)39(24-30-14-16-31(37)17-15-30)35(41)25-40(33-20-13-27(3)22-28(33)4)45(43,44)32-18-11-26(2)12-19-32/h6-20,22,34H,5,21,23-25H2,1-4H3,(H,38,42)/t34-/m0/s1. The van der Waals surface area contributed by atoms with Crippen LogP contribution in [0.1, 0.15) is 41.2 Å². The lowest BCUT2D eigenvalue weighted by molar-refractivity contribution is -0.140. The highest BCUT2D eigenvalue weighted by Crippen LogP contribution is 2.29. The van der Waals surface area contributed by atoms with Gasteiger partial charge in [0.05, 0.1) is 10.6 Å². The van der Waals surface area contributed by atoms with E-state index in [0.717, 1.165) is 38.7 Å². The molecule has 4 rings (SSSR count). The van der Waals surface area contributed by atoms with E-state index in [9.17, 15) is 18.0 Å². The van der Waals surface area contributed by atoms with Crippen LogP contribution in [0.4, 0.5) is 5.69 Å². The van der Waals surface area contributed by atoms with Crippen molar-refractivity contribution in [3.63, 3.8) is 0 Å². The Morgan fingerprint density at radius 3 is 2.09 bits per heavy atom. The maximum atomic E-state index is 14.5. The number of carbonyl (C=O) groups excluding carboxylic acids is 2. The van der Waals surface area contributed by atoms with Crippen LogP contribution in [-0.2, 0) is 32.6 Å². The maximum Gasteiger partial charge on any atom is 0.264 e. The number of aryl methyl sites for hydroxylation is 3. The second kappa shape index (κ2) is 15.4. The van der Waals surface area contributed by atoms with Crippen molar-refractivity contribution in [3.8, 4) is 0 Å². The Labute approximate surface area is 275 Å². The molecule has 2 amide bonds. The molecule has 7 nitrogen and oxygen atoms in total. The molecule has 0 spiro atoms. The summed E-state index contributed by atoms with van der Waals surface area (Å²) in [7, 11) is -4.15. The molecule has 1 atom stereocenters. The van der Waals surface area contributed by atoms with Crippen LogP contribution in [0.5, 0.6) is 0 Å². The lowest BCUT2D eigenvalue weighted by atomic mass is 10.0. The molecule has 1 N–H and O–H groups in total. The van der Waals surface area contributed by atoms with E-state index in [1.54, 1.807) is 30.3 Å².